The van der Waals surface area contributed by atoms with Gasteiger partial charge >= 0.3 is 0 Å². The van der Waals surface area contributed by atoms with Crippen molar-refractivity contribution in [1.29, 1.82) is 0 Å². The first-order valence-electron chi connectivity index (χ1n) is 7.24. The van der Waals surface area contributed by atoms with Crippen LogP contribution < -0.4 is 4.90 Å². The van der Waals surface area contributed by atoms with Crippen LogP contribution in [0.25, 0.3) is 0 Å². The van der Waals surface area contributed by atoms with E-state index in [0.717, 1.165) is 11.1 Å². The summed E-state index contributed by atoms with van der Waals surface area (Å²) in [6.45, 7) is 1.82. The van der Waals surface area contributed by atoms with Crippen LogP contribution in [-0.4, -0.2) is 11.8 Å². The lowest BCUT2D eigenvalue weighted by atomic mass is 9.98. The second-order valence-electron chi connectivity index (χ2n) is 5.54. The van der Waals surface area contributed by atoms with Gasteiger partial charge in [-0.05, 0) is 36.6 Å². The summed E-state index contributed by atoms with van der Waals surface area (Å²) in [4.78, 5) is 26.2. The van der Waals surface area contributed by atoms with Crippen LogP contribution in [0.2, 0.25) is 5.02 Å². The molecule has 1 heterocycles. The maximum atomic E-state index is 12.6. The maximum absolute atomic E-state index is 12.6. The Morgan fingerprint density at radius 3 is 2.55 bits per heavy atom. The fourth-order valence-electron chi connectivity index (χ4n) is 2.84. The quantitative estimate of drug-likeness (QED) is 0.809. The minimum Gasteiger partial charge on any atom is -0.274 e. The Labute approximate surface area is 134 Å². The highest BCUT2D eigenvalue weighted by molar-refractivity contribution is 6.32. The molecule has 4 heteroatoms. The molecule has 1 aliphatic heterocycles. The van der Waals surface area contributed by atoms with Crippen molar-refractivity contribution in [3.05, 3.63) is 64.7 Å². The molecule has 0 aromatic heterocycles. The molecular formula is C18H16ClNO2. The van der Waals surface area contributed by atoms with Crippen LogP contribution in [-0.2, 0) is 16.0 Å². The second kappa shape index (κ2) is 5.93. The van der Waals surface area contributed by atoms with Crippen molar-refractivity contribution in [2.45, 2.75) is 19.8 Å². The van der Waals surface area contributed by atoms with Crippen LogP contribution in [0.3, 0.4) is 0 Å². The van der Waals surface area contributed by atoms with Crippen molar-refractivity contribution >= 4 is 29.1 Å². The topological polar surface area (TPSA) is 37.4 Å². The molecule has 2 aromatic carbocycles. The van der Waals surface area contributed by atoms with Gasteiger partial charge in [0.25, 0.3) is 0 Å². The molecule has 0 saturated carbocycles. The zero-order valence-corrected chi connectivity index (χ0v) is 13.0. The van der Waals surface area contributed by atoms with Crippen LogP contribution in [0.15, 0.2) is 48.5 Å². The van der Waals surface area contributed by atoms with Crippen molar-refractivity contribution < 1.29 is 9.59 Å². The largest absolute Gasteiger partial charge is 0.274 e. The molecule has 1 unspecified atom stereocenters. The number of halogens is 1. The van der Waals surface area contributed by atoms with Gasteiger partial charge in [-0.2, -0.15) is 0 Å². The summed E-state index contributed by atoms with van der Waals surface area (Å²) in [7, 11) is 0. The summed E-state index contributed by atoms with van der Waals surface area (Å²) < 4.78 is 0. The van der Waals surface area contributed by atoms with Gasteiger partial charge in [0, 0.05) is 11.4 Å². The number of hydrogen-bond donors (Lipinski definition) is 0. The number of imide groups is 1. The van der Waals surface area contributed by atoms with Crippen LogP contribution >= 0.6 is 11.6 Å². The molecule has 2 amide bonds. The summed E-state index contributed by atoms with van der Waals surface area (Å²) in [5.74, 6) is -0.594. The predicted octanol–water partition coefficient (Wildman–Crippen LogP) is 3.77. The van der Waals surface area contributed by atoms with Gasteiger partial charge < -0.3 is 0 Å². The molecular weight excluding hydrogens is 298 g/mol. The molecule has 2 aromatic rings. The first-order chi connectivity index (χ1) is 10.6. The molecule has 1 aliphatic rings. The number of carbonyl (C=O) groups excluding carboxylic acids is 2. The van der Waals surface area contributed by atoms with E-state index >= 15 is 0 Å². The highest BCUT2D eigenvalue weighted by atomic mass is 35.5. The van der Waals surface area contributed by atoms with Crippen molar-refractivity contribution in [1.82, 2.24) is 0 Å². The molecule has 1 saturated heterocycles. The Morgan fingerprint density at radius 1 is 1.09 bits per heavy atom. The van der Waals surface area contributed by atoms with E-state index in [1.807, 2.05) is 37.3 Å². The molecule has 3 nitrogen and oxygen atoms in total. The number of benzene rings is 2. The maximum Gasteiger partial charge on any atom is 0.237 e. The van der Waals surface area contributed by atoms with Crippen molar-refractivity contribution in [3.63, 3.8) is 0 Å². The van der Waals surface area contributed by atoms with E-state index < -0.39 is 0 Å². The Bertz CT molecular complexity index is 727. The molecule has 22 heavy (non-hydrogen) atoms. The Balaban J connectivity index is 1.87. The highest BCUT2D eigenvalue weighted by Gasteiger charge is 2.39. The van der Waals surface area contributed by atoms with Gasteiger partial charge in [-0.1, -0.05) is 48.0 Å². The predicted molar refractivity (Wildman–Crippen MR) is 86.9 cm³/mol. The average Bonchev–Trinajstić information content (AvgIpc) is 2.78. The normalized spacial score (nSPS) is 18.1. The van der Waals surface area contributed by atoms with Gasteiger partial charge in [0.1, 0.15) is 0 Å². The lowest BCUT2D eigenvalue weighted by Gasteiger charge is -2.18. The van der Waals surface area contributed by atoms with Gasteiger partial charge in [0.15, 0.2) is 0 Å². The van der Waals surface area contributed by atoms with Crippen LogP contribution in [0.4, 0.5) is 5.69 Å². The van der Waals surface area contributed by atoms with Gasteiger partial charge in [-0.15, -0.1) is 0 Å². The van der Waals surface area contributed by atoms with Crippen molar-refractivity contribution in [2.75, 3.05) is 4.90 Å². The van der Waals surface area contributed by atoms with Crippen LogP contribution in [0.1, 0.15) is 17.5 Å². The third-order valence-corrected chi connectivity index (χ3v) is 4.45. The Kier molecular flexibility index (Phi) is 3.99. The number of nitrogens with zero attached hydrogens (tertiary/aromatic N) is 1. The van der Waals surface area contributed by atoms with Gasteiger partial charge in [0.05, 0.1) is 11.6 Å². The lowest BCUT2D eigenvalue weighted by Crippen LogP contribution is -2.31. The molecule has 3 rings (SSSR count). The van der Waals surface area contributed by atoms with E-state index in [0.29, 0.717) is 17.1 Å². The third-order valence-electron chi connectivity index (χ3n) is 4.04. The van der Waals surface area contributed by atoms with Crippen molar-refractivity contribution in [2.24, 2.45) is 5.92 Å². The van der Waals surface area contributed by atoms with Crippen LogP contribution in [0.5, 0.6) is 0 Å². The Hall–Kier alpha value is -2.13. The number of amides is 2. The summed E-state index contributed by atoms with van der Waals surface area (Å²) in [5.41, 5.74) is 2.42. The van der Waals surface area contributed by atoms with E-state index in [4.69, 9.17) is 11.6 Å². The first kappa shape index (κ1) is 14.8. The smallest absolute Gasteiger partial charge is 0.237 e. The third kappa shape index (κ3) is 2.64. The van der Waals surface area contributed by atoms with Crippen molar-refractivity contribution in [3.8, 4) is 0 Å². The summed E-state index contributed by atoms with van der Waals surface area (Å²) >= 11 is 6.10. The van der Waals surface area contributed by atoms with Gasteiger partial charge in [0.2, 0.25) is 11.8 Å². The molecule has 0 aliphatic carbocycles. The monoisotopic (exact) mass is 313 g/mol. The highest BCUT2D eigenvalue weighted by Crippen LogP contribution is 2.33. The van der Waals surface area contributed by atoms with Gasteiger partial charge in [-0.3, -0.25) is 9.59 Å². The van der Waals surface area contributed by atoms with E-state index in [1.165, 1.54) is 4.90 Å². The SMILES string of the molecule is Cc1c(Cl)cccc1N1C(=O)CC(Cc2ccccc2)C1=O. The average molecular weight is 314 g/mol. The second-order valence-corrected chi connectivity index (χ2v) is 5.95. The number of hydrogen-bond acceptors (Lipinski definition) is 2. The fraction of sp³-hybridized carbons (Fsp3) is 0.222. The molecule has 0 spiro atoms. The Morgan fingerprint density at radius 2 is 1.82 bits per heavy atom. The van der Waals surface area contributed by atoms with Gasteiger partial charge in [-0.25, -0.2) is 4.90 Å². The zero-order chi connectivity index (χ0) is 15.7. The number of anilines is 1. The minimum atomic E-state index is -0.298. The molecule has 112 valence electrons. The standard InChI is InChI=1S/C18H16ClNO2/c1-12-15(19)8-5-9-16(12)20-17(21)11-14(18(20)22)10-13-6-3-2-4-7-13/h2-9,14H,10-11H2,1H3. The minimum absolute atomic E-state index is 0.140. The molecule has 0 radical (unpaired) electrons. The molecule has 0 bridgehead atoms. The van der Waals surface area contributed by atoms with E-state index in [-0.39, 0.29) is 24.2 Å². The molecule has 1 fully saturated rings. The summed E-state index contributed by atoms with van der Waals surface area (Å²) in [5, 5.41) is 0.560. The van der Waals surface area contributed by atoms with Crippen LogP contribution in [0, 0.1) is 12.8 Å². The zero-order valence-electron chi connectivity index (χ0n) is 12.3. The molecule has 1 atom stereocenters. The fourth-order valence-corrected chi connectivity index (χ4v) is 3.01. The van der Waals surface area contributed by atoms with E-state index in [9.17, 15) is 9.59 Å². The molecule has 0 N–H and O–H groups in total. The first-order valence-corrected chi connectivity index (χ1v) is 7.61. The summed E-state index contributed by atoms with van der Waals surface area (Å²) in [6, 6.07) is 15.1. The summed E-state index contributed by atoms with van der Waals surface area (Å²) in [6.07, 6.45) is 0.835. The van der Waals surface area contributed by atoms with E-state index in [1.54, 1.807) is 18.2 Å². The number of carbonyl (C=O) groups is 2. The number of rotatable bonds is 3. The lowest BCUT2D eigenvalue weighted by molar-refractivity contribution is -0.122. The van der Waals surface area contributed by atoms with E-state index in [2.05, 4.69) is 0 Å².